The maximum atomic E-state index is 8.60. The second kappa shape index (κ2) is 2.91. The zero-order chi connectivity index (χ0) is 9.26. The number of rotatable bonds is 1. The molecule has 1 heterocycles. The van der Waals surface area contributed by atoms with Gasteiger partial charge in [0, 0.05) is 0 Å². The fourth-order valence-electron chi connectivity index (χ4n) is 1.33. The van der Waals surface area contributed by atoms with Crippen molar-refractivity contribution in [3.05, 3.63) is 29.7 Å². The highest BCUT2D eigenvalue weighted by molar-refractivity contribution is 5.76. The van der Waals surface area contributed by atoms with E-state index >= 15 is 0 Å². The molecule has 2 aromatic rings. The standard InChI is InChI=1S/C10H8N2O/c1-2-7-4-3-5-8-10(7)13-9(6-11)12-8/h3-5H,2H2,1H3. The van der Waals surface area contributed by atoms with Gasteiger partial charge >= 0.3 is 5.89 Å². The van der Waals surface area contributed by atoms with Gasteiger partial charge in [-0.25, -0.2) is 0 Å². The molecule has 0 atom stereocenters. The predicted molar refractivity (Wildman–Crippen MR) is 48.1 cm³/mol. The van der Waals surface area contributed by atoms with E-state index in [9.17, 15) is 0 Å². The molecule has 3 heteroatoms. The Labute approximate surface area is 75.6 Å². The fourth-order valence-corrected chi connectivity index (χ4v) is 1.33. The number of aryl methyl sites for hydroxylation is 1. The molecule has 0 unspecified atom stereocenters. The average molecular weight is 172 g/mol. The second-order valence-corrected chi connectivity index (χ2v) is 2.75. The van der Waals surface area contributed by atoms with Gasteiger partial charge in [-0.15, -0.1) is 0 Å². The highest BCUT2D eigenvalue weighted by atomic mass is 16.3. The lowest BCUT2D eigenvalue weighted by Gasteiger charge is -1.93. The molecule has 3 nitrogen and oxygen atoms in total. The number of nitriles is 1. The largest absolute Gasteiger partial charge is 0.428 e. The Kier molecular flexibility index (Phi) is 1.75. The number of aromatic nitrogens is 1. The Bertz CT molecular complexity index is 479. The molecule has 0 N–H and O–H groups in total. The average Bonchev–Trinajstić information content (AvgIpc) is 2.59. The van der Waals surface area contributed by atoms with Crippen molar-refractivity contribution in [1.82, 2.24) is 4.98 Å². The third kappa shape index (κ3) is 1.17. The molecular formula is C10H8N2O. The summed E-state index contributed by atoms with van der Waals surface area (Å²) in [5.74, 6) is 0.135. The van der Waals surface area contributed by atoms with E-state index in [4.69, 9.17) is 9.68 Å². The van der Waals surface area contributed by atoms with Crippen LogP contribution in [0.1, 0.15) is 18.4 Å². The van der Waals surface area contributed by atoms with Crippen LogP contribution in [0.2, 0.25) is 0 Å². The van der Waals surface area contributed by atoms with Crippen LogP contribution in [0.5, 0.6) is 0 Å². The highest BCUT2D eigenvalue weighted by Gasteiger charge is 2.07. The van der Waals surface area contributed by atoms with Gasteiger partial charge in [0.05, 0.1) is 0 Å². The number of benzene rings is 1. The maximum Gasteiger partial charge on any atom is 0.301 e. The third-order valence-electron chi connectivity index (χ3n) is 1.97. The summed E-state index contributed by atoms with van der Waals surface area (Å²) in [6, 6.07) is 7.64. The summed E-state index contributed by atoms with van der Waals surface area (Å²) in [5, 5.41) is 8.60. The van der Waals surface area contributed by atoms with Gasteiger partial charge in [-0.1, -0.05) is 19.1 Å². The molecule has 1 aromatic heterocycles. The van der Waals surface area contributed by atoms with Gasteiger partial charge in [0.2, 0.25) is 0 Å². The zero-order valence-electron chi connectivity index (χ0n) is 7.24. The van der Waals surface area contributed by atoms with E-state index in [0.29, 0.717) is 0 Å². The maximum absolute atomic E-state index is 8.60. The van der Waals surface area contributed by atoms with Gasteiger partial charge in [0.25, 0.3) is 0 Å². The first-order valence-corrected chi connectivity index (χ1v) is 4.13. The summed E-state index contributed by atoms with van der Waals surface area (Å²) >= 11 is 0. The Hall–Kier alpha value is -1.82. The lowest BCUT2D eigenvalue weighted by Crippen LogP contribution is -1.79. The first-order chi connectivity index (χ1) is 6.35. The minimum atomic E-state index is 0.135. The normalized spacial score (nSPS) is 10.2. The fraction of sp³-hybridized carbons (Fsp3) is 0.200. The monoisotopic (exact) mass is 172 g/mol. The van der Waals surface area contributed by atoms with Gasteiger partial charge in [0.1, 0.15) is 5.52 Å². The van der Waals surface area contributed by atoms with Crippen molar-refractivity contribution in [2.75, 3.05) is 0 Å². The molecule has 13 heavy (non-hydrogen) atoms. The summed E-state index contributed by atoms with van der Waals surface area (Å²) < 4.78 is 5.27. The van der Waals surface area contributed by atoms with Crippen molar-refractivity contribution in [3.8, 4) is 6.07 Å². The number of hydrogen-bond acceptors (Lipinski definition) is 3. The van der Waals surface area contributed by atoms with E-state index in [1.165, 1.54) is 0 Å². The first-order valence-electron chi connectivity index (χ1n) is 4.13. The predicted octanol–water partition coefficient (Wildman–Crippen LogP) is 2.26. The molecule has 0 fully saturated rings. The summed E-state index contributed by atoms with van der Waals surface area (Å²) in [5.41, 5.74) is 2.59. The van der Waals surface area contributed by atoms with Crippen LogP contribution in [-0.2, 0) is 6.42 Å². The minimum absolute atomic E-state index is 0.135. The first kappa shape index (κ1) is 7.81. The van der Waals surface area contributed by atoms with Crippen LogP contribution < -0.4 is 0 Å². The van der Waals surface area contributed by atoms with Gasteiger partial charge in [-0.05, 0) is 18.1 Å². The van der Waals surface area contributed by atoms with E-state index in [0.717, 1.165) is 23.1 Å². The smallest absolute Gasteiger partial charge is 0.301 e. The SMILES string of the molecule is CCc1cccc2nc(C#N)oc12. The molecule has 0 aliphatic heterocycles. The van der Waals surface area contributed by atoms with Crippen molar-refractivity contribution >= 4 is 11.1 Å². The molecule has 0 aliphatic carbocycles. The van der Waals surface area contributed by atoms with Crippen LogP contribution in [0, 0.1) is 11.3 Å². The van der Waals surface area contributed by atoms with Gasteiger partial charge in [-0.3, -0.25) is 0 Å². The molecule has 64 valence electrons. The summed E-state index contributed by atoms with van der Waals surface area (Å²) in [6.07, 6.45) is 0.886. The Morgan fingerprint density at radius 2 is 2.38 bits per heavy atom. The Morgan fingerprint density at radius 3 is 3.08 bits per heavy atom. The number of nitrogens with zero attached hydrogens (tertiary/aromatic N) is 2. The lowest BCUT2D eigenvalue weighted by atomic mass is 10.1. The number of para-hydroxylation sites is 1. The van der Waals surface area contributed by atoms with E-state index in [1.807, 2.05) is 31.2 Å². The van der Waals surface area contributed by atoms with Crippen LogP contribution in [0.25, 0.3) is 11.1 Å². The van der Waals surface area contributed by atoms with Crippen molar-refractivity contribution in [1.29, 1.82) is 5.26 Å². The zero-order valence-corrected chi connectivity index (χ0v) is 7.24. The summed E-state index contributed by atoms with van der Waals surface area (Å²) in [6.45, 7) is 2.04. The quantitative estimate of drug-likeness (QED) is 0.662. The van der Waals surface area contributed by atoms with Crippen LogP contribution >= 0.6 is 0 Å². The molecule has 0 radical (unpaired) electrons. The van der Waals surface area contributed by atoms with Gasteiger partial charge < -0.3 is 4.42 Å². The van der Waals surface area contributed by atoms with Gasteiger partial charge in [-0.2, -0.15) is 10.2 Å². The molecule has 0 saturated heterocycles. The van der Waals surface area contributed by atoms with Crippen molar-refractivity contribution in [3.63, 3.8) is 0 Å². The summed E-state index contributed by atoms with van der Waals surface area (Å²) in [4.78, 5) is 4.01. The third-order valence-corrected chi connectivity index (χ3v) is 1.97. The van der Waals surface area contributed by atoms with Gasteiger partial charge in [0.15, 0.2) is 11.7 Å². The molecule has 0 saturated carbocycles. The topological polar surface area (TPSA) is 49.8 Å². The van der Waals surface area contributed by atoms with E-state index < -0.39 is 0 Å². The molecular weight excluding hydrogens is 164 g/mol. The molecule has 0 bridgehead atoms. The summed E-state index contributed by atoms with van der Waals surface area (Å²) in [7, 11) is 0. The molecule has 0 spiro atoms. The van der Waals surface area contributed by atoms with Crippen LogP contribution in [-0.4, -0.2) is 4.98 Å². The Balaban J connectivity index is 2.76. The second-order valence-electron chi connectivity index (χ2n) is 2.75. The molecule has 0 amide bonds. The van der Waals surface area contributed by atoms with E-state index in [1.54, 1.807) is 0 Å². The van der Waals surface area contributed by atoms with Crippen LogP contribution in [0.15, 0.2) is 22.6 Å². The number of fused-ring (bicyclic) bond motifs is 1. The lowest BCUT2D eigenvalue weighted by molar-refractivity contribution is 0.580. The molecule has 1 aromatic carbocycles. The van der Waals surface area contributed by atoms with Crippen molar-refractivity contribution < 1.29 is 4.42 Å². The minimum Gasteiger partial charge on any atom is -0.428 e. The van der Waals surface area contributed by atoms with E-state index in [2.05, 4.69) is 4.98 Å². The van der Waals surface area contributed by atoms with Crippen LogP contribution in [0.4, 0.5) is 0 Å². The van der Waals surface area contributed by atoms with Crippen LogP contribution in [0.3, 0.4) is 0 Å². The number of oxazole rings is 1. The van der Waals surface area contributed by atoms with Crippen molar-refractivity contribution in [2.24, 2.45) is 0 Å². The molecule has 2 rings (SSSR count). The molecule has 0 aliphatic rings. The van der Waals surface area contributed by atoms with Crippen molar-refractivity contribution in [2.45, 2.75) is 13.3 Å². The van der Waals surface area contributed by atoms with E-state index in [-0.39, 0.29) is 5.89 Å². The number of hydrogen-bond donors (Lipinski definition) is 0. The Morgan fingerprint density at radius 1 is 1.54 bits per heavy atom. The highest BCUT2D eigenvalue weighted by Crippen LogP contribution is 2.19.